The Hall–Kier alpha value is -1.46. The minimum Gasteiger partial charge on any atom is -0.457 e. The van der Waals surface area contributed by atoms with E-state index in [0.717, 1.165) is 28.7 Å². The maximum atomic E-state index is 13.1. The first-order valence-electron chi connectivity index (χ1n) is 6.67. The lowest BCUT2D eigenvalue weighted by atomic mass is 10.1. The number of rotatable bonds is 5. The standard InChI is InChI=1S/C16H16BrF2NO/c1-3-20-10(2)13-6-4-11(8-14(13)17)21-12-5-7-15(18)16(19)9-12/h4-10,20H,3H2,1-2H3. The van der Waals surface area contributed by atoms with Crippen molar-refractivity contribution in [2.24, 2.45) is 0 Å². The molecule has 0 aliphatic heterocycles. The Morgan fingerprint density at radius 3 is 2.38 bits per heavy atom. The fourth-order valence-corrected chi connectivity index (χ4v) is 2.72. The van der Waals surface area contributed by atoms with Crippen molar-refractivity contribution in [3.63, 3.8) is 0 Å². The highest BCUT2D eigenvalue weighted by Crippen LogP contribution is 2.30. The highest BCUT2D eigenvalue weighted by atomic mass is 79.9. The molecule has 0 saturated carbocycles. The van der Waals surface area contributed by atoms with Gasteiger partial charge in [-0.15, -0.1) is 0 Å². The van der Waals surface area contributed by atoms with Gasteiger partial charge in [0.25, 0.3) is 0 Å². The zero-order valence-corrected chi connectivity index (χ0v) is 13.4. The topological polar surface area (TPSA) is 21.3 Å². The van der Waals surface area contributed by atoms with Crippen LogP contribution in [0.3, 0.4) is 0 Å². The van der Waals surface area contributed by atoms with Crippen molar-refractivity contribution in [1.29, 1.82) is 0 Å². The van der Waals surface area contributed by atoms with Gasteiger partial charge in [0.2, 0.25) is 0 Å². The molecule has 2 aromatic rings. The van der Waals surface area contributed by atoms with Crippen LogP contribution in [0.1, 0.15) is 25.5 Å². The maximum Gasteiger partial charge on any atom is 0.162 e. The molecule has 5 heteroatoms. The van der Waals surface area contributed by atoms with Crippen molar-refractivity contribution in [2.45, 2.75) is 19.9 Å². The summed E-state index contributed by atoms with van der Waals surface area (Å²) in [5.74, 6) is -1.00. The Morgan fingerprint density at radius 2 is 1.76 bits per heavy atom. The molecular weight excluding hydrogens is 340 g/mol. The number of nitrogens with one attached hydrogen (secondary N) is 1. The first-order valence-corrected chi connectivity index (χ1v) is 7.46. The van der Waals surface area contributed by atoms with E-state index in [2.05, 4.69) is 28.2 Å². The molecule has 0 aromatic heterocycles. The zero-order valence-electron chi connectivity index (χ0n) is 11.8. The molecule has 112 valence electrons. The summed E-state index contributed by atoms with van der Waals surface area (Å²) in [4.78, 5) is 0. The van der Waals surface area contributed by atoms with Gasteiger partial charge in [0.1, 0.15) is 11.5 Å². The van der Waals surface area contributed by atoms with Crippen LogP contribution in [0.2, 0.25) is 0 Å². The van der Waals surface area contributed by atoms with Gasteiger partial charge in [0.15, 0.2) is 11.6 Å². The molecule has 0 bridgehead atoms. The summed E-state index contributed by atoms with van der Waals surface area (Å²) in [7, 11) is 0. The quantitative estimate of drug-likeness (QED) is 0.796. The minimum absolute atomic E-state index is 0.210. The molecule has 2 rings (SSSR count). The van der Waals surface area contributed by atoms with E-state index in [0.29, 0.717) is 5.75 Å². The van der Waals surface area contributed by atoms with Crippen LogP contribution in [0, 0.1) is 11.6 Å². The van der Waals surface area contributed by atoms with E-state index in [9.17, 15) is 8.78 Å². The van der Waals surface area contributed by atoms with Gasteiger partial charge in [-0.1, -0.05) is 28.9 Å². The average molecular weight is 356 g/mol. The fraction of sp³-hybridized carbons (Fsp3) is 0.250. The summed E-state index contributed by atoms with van der Waals surface area (Å²) in [5, 5.41) is 3.32. The van der Waals surface area contributed by atoms with Crippen LogP contribution < -0.4 is 10.1 Å². The molecule has 21 heavy (non-hydrogen) atoms. The molecule has 0 aliphatic carbocycles. The highest BCUT2D eigenvalue weighted by molar-refractivity contribution is 9.10. The summed E-state index contributed by atoms with van der Waals surface area (Å²) < 4.78 is 32.4. The number of benzene rings is 2. The van der Waals surface area contributed by atoms with Crippen LogP contribution in [0.15, 0.2) is 40.9 Å². The van der Waals surface area contributed by atoms with Crippen LogP contribution in [0.25, 0.3) is 0 Å². The van der Waals surface area contributed by atoms with E-state index in [-0.39, 0.29) is 11.8 Å². The molecule has 0 fully saturated rings. The summed E-state index contributed by atoms with van der Waals surface area (Å²) >= 11 is 3.50. The molecule has 2 nitrogen and oxygen atoms in total. The van der Waals surface area contributed by atoms with E-state index in [1.807, 2.05) is 19.1 Å². The third-order valence-electron chi connectivity index (χ3n) is 3.08. The minimum atomic E-state index is -0.927. The molecule has 0 spiro atoms. The van der Waals surface area contributed by atoms with E-state index >= 15 is 0 Å². The predicted molar refractivity (Wildman–Crippen MR) is 82.7 cm³/mol. The number of hydrogen-bond donors (Lipinski definition) is 1. The average Bonchev–Trinajstić information content (AvgIpc) is 2.43. The van der Waals surface area contributed by atoms with Crippen LogP contribution >= 0.6 is 15.9 Å². The second-order valence-corrected chi connectivity index (χ2v) is 5.49. The summed E-state index contributed by atoms with van der Waals surface area (Å²) in [6.45, 7) is 4.99. The van der Waals surface area contributed by atoms with E-state index < -0.39 is 11.6 Å². The van der Waals surface area contributed by atoms with E-state index in [1.54, 1.807) is 6.07 Å². The SMILES string of the molecule is CCNC(C)c1ccc(Oc2ccc(F)c(F)c2)cc1Br. The van der Waals surface area contributed by atoms with Crippen molar-refractivity contribution < 1.29 is 13.5 Å². The predicted octanol–water partition coefficient (Wildman–Crippen LogP) is 5.19. The van der Waals surface area contributed by atoms with Crippen molar-refractivity contribution in [1.82, 2.24) is 5.32 Å². The summed E-state index contributed by atoms with van der Waals surface area (Å²) in [5.41, 5.74) is 1.11. The fourth-order valence-electron chi connectivity index (χ4n) is 2.02. The zero-order chi connectivity index (χ0) is 15.4. The van der Waals surface area contributed by atoms with E-state index in [1.165, 1.54) is 6.07 Å². The third-order valence-corrected chi connectivity index (χ3v) is 3.76. The van der Waals surface area contributed by atoms with Crippen molar-refractivity contribution in [3.8, 4) is 11.5 Å². The van der Waals surface area contributed by atoms with Crippen molar-refractivity contribution >= 4 is 15.9 Å². The van der Waals surface area contributed by atoms with E-state index in [4.69, 9.17) is 4.74 Å². The number of ether oxygens (including phenoxy) is 1. The van der Waals surface area contributed by atoms with Gasteiger partial charge in [-0.3, -0.25) is 0 Å². The maximum absolute atomic E-state index is 13.1. The Balaban J connectivity index is 2.18. The van der Waals surface area contributed by atoms with Crippen LogP contribution in [0.4, 0.5) is 8.78 Å². The smallest absolute Gasteiger partial charge is 0.162 e. The van der Waals surface area contributed by atoms with Gasteiger partial charge in [0.05, 0.1) is 0 Å². The van der Waals surface area contributed by atoms with Gasteiger partial charge in [-0.2, -0.15) is 0 Å². The van der Waals surface area contributed by atoms with Gasteiger partial charge in [-0.25, -0.2) is 8.78 Å². The Kier molecular flexibility index (Phi) is 5.31. The van der Waals surface area contributed by atoms with Gasteiger partial charge < -0.3 is 10.1 Å². The van der Waals surface area contributed by atoms with Crippen LogP contribution in [-0.2, 0) is 0 Å². The van der Waals surface area contributed by atoms with Crippen LogP contribution in [-0.4, -0.2) is 6.54 Å². The molecule has 0 radical (unpaired) electrons. The first-order chi connectivity index (χ1) is 10.0. The number of halogens is 3. The molecule has 1 atom stereocenters. The number of hydrogen-bond acceptors (Lipinski definition) is 2. The lowest BCUT2D eigenvalue weighted by Gasteiger charge is -2.15. The molecule has 0 saturated heterocycles. The van der Waals surface area contributed by atoms with Gasteiger partial charge >= 0.3 is 0 Å². The largest absolute Gasteiger partial charge is 0.457 e. The van der Waals surface area contributed by atoms with Crippen molar-refractivity contribution in [2.75, 3.05) is 6.54 Å². The Morgan fingerprint density at radius 1 is 1.10 bits per heavy atom. The molecule has 0 amide bonds. The summed E-state index contributed by atoms with van der Waals surface area (Å²) in [6, 6.07) is 9.22. The second-order valence-electron chi connectivity index (χ2n) is 4.64. The molecule has 0 aliphatic rings. The lowest BCUT2D eigenvalue weighted by molar-refractivity contribution is 0.461. The molecular formula is C16H16BrF2NO. The van der Waals surface area contributed by atoms with Gasteiger partial charge in [-0.05, 0) is 43.3 Å². The monoisotopic (exact) mass is 355 g/mol. The van der Waals surface area contributed by atoms with Crippen molar-refractivity contribution in [3.05, 3.63) is 58.1 Å². The van der Waals surface area contributed by atoms with Gasteiger partial charge in [0, 0.05) is 16.6 Å². The lowest BCUT2D eigenvalue weighted by Crippen LogP contribution is -2.17. The third kappa shape index (κ3) is 4.02. The second kappa shape index (κ2) is 7.00. The molecule has 1 N–H and O–H groups in total. The molecule has 1 unspecified atom stereocenters. The highest BCUT2D eigenvalue weighted by Gasteiger charge is 2.10. The Bertz CT molecular complexity index is 634. The normalized spacial score (nSPS) is 12.2. The molecule has 2 aromatic carbocycles. The Labute approximate surface area is 131 Å². The first kappa shape index (κ1) is 15.9. The van der Waals surface area contributed by atoms with Crippen LogP contribution in [0.5, 0.6) is 11.5 Å². The molecule has 0 heterocycles. The summed E-state index contributed by atoms with van der Waals surface area (Å²) in [6.07, 6.45) is 0.